The molecule has 1 unspecified atom stereocenters. The molecule has 0 fully saturated rings. The maximum atomic E-state index is 6.07. The van der Waals surface area contributed by atoms with Crippen LogP contribution in [0, 0.1) is 18.8 Å². The van der Waals surface area contributed by atoms with E-state index >= 15 is 0 Å². The molecular weight excluding hydrogens is 300 g/mol. The second-order valence-corrected chi connectivity index (χ2v) is 6.12. The predicted octanol–water partition coefficient (Wildman–Crippen LogP) is 4.42. The van der Waals surface area contributed by atoms with E-state index in [2.05, 4.69) is 46.5 Å². The Kier molecular flexibility index (Phi) is 6.01. The molecule has 0 saturated carbocycles. The number of aryl methyl sites for hydroxylation is 2. The monoisotopic (exact) mass is 320 g/mol. The number of rotatable bonds is 6. The molecule has 1 heterocycles. The molecular formula is C13H22BrClN2. The summed E-state index contributed by atoms with van der Waals surface area (Å²) in [5.74, 6) is 1.95. The van der Waals surface area contributed by atoms with E-state index in [4.69, 9.17) is 11.6 Å². The number of hydrogen-bond donors (Lipinski definition) is 0. The fraction of sp³-hybridized carbons (Fsp3) is 0.769. The van der Waals surface area contributed by atoms with Gasteiger partial charge in [0.05, 0.1) is 15.9 Å². The van der Waals surface area contributed by atoms with Crippen LogP contribution in [0.15, 0.2) is 4.47 Å². The zero-order valence-corrected chi connectivity index (χ0v) is 13.5. The van der Waals surface area contributed by atoms with Crippen molar-refractivity contribution in [3.63, 3.8) is 0 Å². The summed E-state index contributed by atoms with van der Waals surface area (Å²) in [4.78, 5) is 0. The van der Waals surface area contributed by atoms with Crippen molar-refractivity contribution in [2.75, 3.05) is 5.88 Å². The Bertz CT molecular complexity index is 361. The largest absolute Gasteiger partial charge is 0.268 e. The lowest BCUT2D eigenvalue weighted by Crippen LogP contribution is -2.13. The maximum Gasteiger partial charge on any atom is 0.0738 e. The molecule has 0 aliphatic heterocycles. The quantitative estimate of drug-likeness (QED) is 0.709. The first-order valence-corrected chi connectivity index (χ1v) is 7.60. The third-order valence-corrected chi connectivity index (χ3v) is 4.43. The van der Waals surface area contributed by atoms with Crippen molar-refractivity contribution in [3.8, 4) is 0 Å². The van der Waals surface area contributed by atoms with E-state index in [0.29, 0.717) is 11.8 Å². The summed E-state index contributed by atoms with van der Waals surface area (Å²) in [6, 6.07) is 0. The lowest BCUT2D eigenvalue weighted by atomic mass is 9.94. The molecule has 98 valence electrons. The van der Waals surface area contributed by atoms with Gasteiger partial charge in [-0.15, -0.1) is 11.6 Å². The molecule has 1 atom stereocenters. The normalized spacial score (nSPS) is 13.4. The molecule has 17 heavy (non-hydrogen) atoms. The van der Waals surface area contributed by atoms with Crippen LogP contribution in [-0.2, 0) is 13.0 Å². The van der Waals surface area contributed by atoms with Crippen molar-refractivity contribution in [1.29, 1.82) is 0 Å². The van der Waals surface area contributed by atoms with Gasteiger partial charge in [0.1, 0.15) is 0 Å². The Morgan fingerprint density at radius 3 is 2.53 bits per heavy atom. The molecule has 0 spiro atoms. The van der Waals surface area contributed by atoms with Gasteiger partial charge in [0, 0.05) is 12.4 Å². The molecule has 0 saturated heterocycles. The van der Waals surface area contributed by atoms with Crippen LogP contribution in [0.1, 0.15) is 38.6 Å². The third kappa shape index (κ3) is 3.99. The highest BCUT2D eigenvalue weighted by molar-refractivity contribution is 9.10. The molecule has 0 amide bonds. The summed E-state index contributed by atoms with van der Waals surface area (Å²) in [5, 5.41) is 4.52. The van der Waals surface area contributed by atoms with Crippen LogP contribution in [0.25, 0.3) is 0 Å². The molecule has 0 radical (unpaired) electrons. The van der Waals surface area contributed by atoms with E-state index in [1.165, 1.54) is 12.1 Å². The molecule has 0 aliphatic carbocycles. The number of halogens is 2. The van der Waals surface area contributed by atoms with Gasteiger partial charge in [0.15, 0.2) is 0 Å². The zero-order chi connectivity index (χ0) is 13.0. The smallest absolute Gasteiger partial charge is 0.0738 e. The molecule has 2 nitrogen and oxygen atoms in total. The van der Waals surface area contributed by atoms with Gasteiger partial charge in [-0.2, -0.15) is 5.10 Å². The second-order valence-electron chi connectivity index (χ2n) is 5.02. The SMILES string of the molecule is CCn1nc(C)c(Br)c1CC(CCl)CC(C)C. The van der Waals surface area contributed by atoms with E-state index in [9.17, 15) is 0 Å². The first-order valence-electron chi connectivity index (χ1n) is 6.27. The summed E-state index contributed by atoms with van der Waals surface area (Å²) in [6.45, 7) is 9.57. The van der Waals surface area contributed by atoms with E-state index in [1.54, 1.807) is 0 Å². The average Bonchev–Trinajstić information content (AvgIpc) is 2.55. The van der Waals surface area contributed by atoms with E-state index in [-0.39, 0.29) is 0 Å². The van der Waals surface area contributed by atoms with E-state index in [0.717, 1.165) is 29.0 Å². The standard InChI is InChI=1S/C13H22BrClN2/c1-5-17-12(13(14)10(4)16-17)7-11(8-15)6-9(2)3/h9,11H,5-8H2,1-4H3. The van der Waals surface area contributed by atoms with Crippen LogP contribution >= 0.6 is 27.5 Å². The summed E-state index contributed by atoms with van der Waals surface area (Å²) in [5.41, 5.74) is 2.36. The van der Waals surface area contributed by atoms with Crippen molar-refractivity contribution in [2.24, 2.45) is 11.8 Å². The Hall–Kier alpha value is -0.0200. The van der Waals surface area contributed by atoms with Crippen LogP contribution in [0.5, 0.6) is 0 Å². The summed E-state index contributed by atoms with van der Waals surface area (Å²) in [7, 11) is 0. The molecule has 0 bridgehead atoms. The van der Waals surface area contributed by atoms with Crippen molar-refractivity contribution in [1.82, 2.24) is 9.78 Å². The number of aromatic nitrogens is 2. The Balaban J connectivity index is 2.84. The van der Waals surface area contributed by atoms with Crippen LogP contribution in [0.2, 0.25) is 0 Å². The molecule has 0 aliphatic rings. The first-order chi connectivity index (χ1) is 7.99. The van der Waals surface area contributed by atoms with Gasteiger partial charge >= 0.3 is 0 Å². The summed E-state index contributed by atoms with van der Waals surface area (Å²) >= 11 is 9.71. The minimum Gasteiger partial charge on any atom is -0.268 e. The van der Waals surface area contributed by atoms with Gasteiger partial charge in [0.25, 0.3) is 0 Å². The van der Waals surface area contributed by atoms with Crippen LogP contribution in [-0.4, -0.2) is 15.7 Å². The minimum atomic E-state index is 0.536. The first kappa shape index (κ1) is 15.0. The van der Waals surface area contributed by atoms with Gasteiger partial charge in [0.2, 0.25) is 0 Å². The molecule has 0 aromatic carbocycles. The van der Waals surface area contributed by atoms with Crippen LogP contribution < -0.4 is 0 Å². The average molecular weight is 322 g/mol. The molecule has 0 N–H and O–H groups in total. The molecule has 1 aromatic heterocycles. The second kappa shape index (κ2) is 6.79. The fourth-order valence-electron chi connectivity index (χ4n) is 2.20. The van der Waals surface area contributed by atoms with Gasteiger partial charge in [-0.3, -0.25) is 4.68 Å². The van der Waals surface area contributed by atoms with E-state index < -0.39 is 0 Å². The van der Waals surface area contributed by atoms with Gasteiger partial charge in [-0.05, 0) is 54.5 Å². The molecule has 1 aromatic rings. The predicted molar refractivity (Wildman–Crippen MR) is 77.7 cm³/mol. The Morgan fingerprint density at radius 1 is 1.41 bits per heavy atom. The Labute approximate surface area is 118 Å². The summed E-state index contributed by atoms with van der Waals surface area (Å²) < 4.78 is 3.23. The van der Waals surface area contributed by atoms with Gasteiger partial charge < -0.3 is 0 Å². The minimum absolute atomic E-state index is 0.536. The topological polar surface area (TPSA) is 17.8 Å². The van der Waals surface area contributed by atoms with Crippen molar-refractivity contribution in [3.05, 3.63) is 15.9 Å². The summed E-state index contributed by atoms with van der Waals surface area (Å²) in [6.07, 6.45) is 2.18. The molecule has 4 heteroatoms. The fourth-order valence-corrected chi connectivity index (χ4v) is 2.89. The van der Waals surface area contributed by atoms with Gasteiger partial charge in [-0.25, -0.2) is 0 Å². The lowest BCUT2D eigenvalue weighted by molar-refractivity contribution is 0.428. The van der Waals surface area contributed by atoms with Crippen LogP contribution in [0.4, 0.5) is 0 Å². The highest BCUT2D eigenvalue weighted by Gasteiger charge is 2.17. The number of hydrogen-bond acceptors (Lipinski definition) is 1. The van der Waals surface area contributed by atoms with Crippen LogP contribution in [0.3, 0.4) is 0 Å². The van der Waals surface area contributed by atoms with Crippen molar-refractivity contribution in [2.45, 2.75) is 47.1 Å². The highest BCUT2D eigenvalue weighted by Crippen LogP contribution is 2.26. The lowest BCUT2D eigenvalue weighted by Gasteiger charge is -2.17. The molecule has 1 rings (SSSR count). The maximum absolute atomic E-state index is 6.07. The zero-order valence-electron chi connectivity index (χ0n) is 11.1. The highest BCUT2D eigenvalue weighted by atomic mass is 79.9. The number of nitrogens with zero attached hydrogens (tertiary/aromatic N) is 2. The third-order valence-electron chi connectivity index (χ3n) is 2.96. The van der Waals surface area contributed by atoms with Gasteiger partial charge in [-0.1, -0.05) is 13.8 Å². The van der Waals surface area contributed by atoms with E-state index in [1.807, 2.05) is 6.92 Å². The number of alkyl halides is 1. The van der Waals surface area contributed by atoms with Crippen molar-refractivity contribution < 1.29 is 0 Å². The van der Waals surface area contributed by atoms with Crippen molar-refractivity contribution >= 4 is 27.5 Å². The Morgan fingerprint density at radius 2 is 2.06 bits per heavy atom.